The highest BCUT2D eigenvalue weighted by Crippen LogP contribution is 2.23. The molecule has 3 aromatic rings. The van der Waals surface area contributed by atoms with Gasteiger partial charge in [0.2, 0.25) is 5.91 Å². The van der Waals surface area contributed by atoms with Gasteiger partial charge in [-0.3, -0.25) is 9.59 Å². The number of aliphatic carboxylic acids is 1. The first-order chi connectivity index (χ1) is 12.5. The van der Waals surface area contributed by atoms with Crippen LogP contribution in [0, 0.1) is 0 Å². The third kappa shape index (κ3) is 4.22. The summed E-state index contributed by atoms with van der Waals surface area (Å²) in [5.41, 5.74) is 1.93. The Kier molecular flexibility index (Phi) is 5.22. The molecule has 1 unspecified atom stereocenters. The Hall–Kier alpha value is -3.28. The fourth-order valence-corrected chi connectivity index (χ4v) is 2.64. The van der Waals surface area contributed by atoms with Gasteiger partial charge in [-0.15, -0.1) is 0 Å². The second-order valence-electron chi connectivity index (χ2n) is 6.07. The van der Waals surface area contributed by atoms with E-state index in [1.54, 1.807) is 10.8 Å². The highest BCUT2D eigenvalue weighted by molar-refractivity contribution is 5.86. The first-order valence-electron chi connectivity index (χ1n) is 8.31. The van der Waals surface area contributed by atoms with Gasteiger partial charge in [0.15, 0.2) is 0 Å². The van der Waals surface area contributed by atoms with Gasteiger partial charge < -0.3 is 19.7 Å². The molecule has 0 bridgehead atoms. The summed E-state index contributed by atoms with van der Waals surface area (Å²) in [6.45, 7) is 1.94. The van der Waals surface area contributed by atoms with Gasteiger partial charge in [-0.25, -0.2) is 0 Å². The van der Waals surface area contributed by atoms with Crippen LogP contribution in [-0.2, 0) is 22.7 Å². The molecule has 2 aromatic carbocycles. The minimum absolute atomic E-state index is 0.0449. The largest absolute Gasteiger partial charge is 0.489 e. The van der Waals surface area contributed by atoms with Crippen LogP contribution < -0.4 is 10.1 Å². The van der Waals surface area contributed by atoms with Crippen molar-refractivity contribution < 1.29 is 19.4 Å². The molecule has 1 heterocycles. The van der Waals surface area contributed by atoms with Gasteiger partial charge in [0.1, 0.15) is 24.9 Å². The number of aromatic nitrogens is 1. The van der Waals surface area contributed by atoms with E-state index < -0.39 is 12.0 Å². The SMILES string of the molecule is CC(NC(=O)Cn1ccc2ccc(OCc3ccccc3)cc21)C(=O)O. The Morgan fingerprint density at radius 3 is 2.65 bits per heavy atom. The fraction of sp³-hybridized carbons (Fsp3) is 0.200. The van der Waals surface area contributed by atoms with Crippen molar-refractivity contribution in [3.8, 4) is 5.75 Å². The first-order valence-corrected chi connectivity index (χ1v) is 8.31. The number of ether oxygens (including phenoxy) is 1. The highest BCUT2D eigenvalue weighted by atomic mass is 16.5. The van der Waals surface area contributed by atoms with Gasteiger partial charge >= 0.3 is 5.97 Å². The molecule has 6 nitrogen and oxygen atoms in total. The molecule has 0 radical (unpaired) electrons. The van der Waals surface area contributed by atoms with Crippen LogP contribution in [0.25, 0.3) is 10.9 Å². The topological polar surface area (TPSA) is 80.6 Å². The molecule has 0 aliphatic heterocycles. The van der Waals surface area contributed by atoms with E-state index in [0.717, 1.165) is 16.5 Å². The Morgan fingerprint density at radius 1 is 1.15 bits per heavy atom. The van der Waals surface area contributed by atoms with Crippen molar-refractivity contribution in [2.75, 3.05) is 0 Å². The van der Waals surface area contributed by atoms with Gasteiger partial charge in [0, 0.05) is 12.3 Å². The van der Waals surface area contributed by atoms with Crippen LogP contribution in [0.4, 0.5) is 0 Å². The number of fused-ring (bicyclic) bond motifs is 1. The van der Waals surface area contributed by atoms with Crippen LogP contribution in [0.1, 0.15) is 12.5 Å². The van der Waals surface area contributed by atoms with E-state index in [2.05, 4.69) is 5.32 Å². The van der Waals surface area contributed by atoms with Gasteiger partial charge in [-0.1, -0.05) is 30.3 Å². The van der Waals surface area contributed by atoms with E-state index in [1.165, 1.54) is 6.92 Å². The lowest BCUT2D eigenvalue weighted by molar-refractivity contribution is -0.141. The molecular formula is C20H20N2O4. The highest BCUT2D eigenvalue weighted by Gasteiger charge is 2.14. The van der Waals surface area contributed by atoms with Crippen molar-refractivity contribution in [1.82, 2.24) is 9.88 Å². The second-order valence-corrected chi connectivity index (χ2v) is 6.07. The molecule has 134 valence electrons. The number of hydrogen-bond donors (Lipinski definition) is 2. The molecule has 0 spiro atoms. The molecule has 2 N–H and O–H groups in total. The minimum Gasteiger partial charge on any atom is -0.489 e. The number of amides is 1. The van der Waals surface area contributed by atoms with E-state index in [4.69, 9.17) is 9.84 Å². The normalized spacial score (nSPS) is 11.9. The average molecular weight is 352 g/mol. The molecule has 0 aliphatic rings. The quantitative estimate of drug-likeness (QED) is 0.685. The van der Waals surface area contributed by atoms with Gasteiger partial charge in [-0.05, 0) is 36.1 Å². The van der Waals surface area contributed by atoms with Crippen LogP contribution in [-0.4, -0.2) is 27.6 Å². The molecule has 1 amide bonds. The molecule has 26 heavy (non-hydrogen) atoms. The first kappa shape index (κ1) is 17.5. The van der Waals surface area contributed by atoms with Crippen LogP contribution >= 0.6 is 0 Å². The van der Waals surface area contributed by atoms with Crippen LogP contribution in [0.3, 0.4) is 0 Å². The smallest absolute Gasteiger partial charge is 0.325 e. The summed E-state index contributed by atoms with van der Waals surface area (Å²) in [6, 6.07) is 16.6. The number of benzene rings is 2. The molecule has 1 aromatic heterocycles. The van der Waals surface area contributed by atoms with E-state index >= 15 is 0 Å². The van der Waals surface area contributed by atoms with E-state index in [-0.39, 0.29) is 12.5 Å². The number of carboxylic acid groups (broad SMARTS) is 1. The van der Waals surface area contributed by atoms with E-state index in [9.17, 15) is 9.59 Å². The van der Waals surface area contributed by atoms with Crippen molar-refractivity contribution in [3.63, 3.8) is 0 Å². The lowest BCUT2D eigenvalue weighted by atomic mass is 10.2. The number of hydrogen-bond acceptors (Lipinski definition) is 3. The Morgan fingerprint density at radius 2 is 1.92 bits per heavy atom. The molecule has 3 rings (SSSR count). The molecule has 1 atom stereocenters. The van der Waals surface area contributed by atoms with Crippen LogP contribution in [0.5, 0.6) is 5.75 Å². The number of rotatable bonds is 7. The zero-order valence-electron chi connectivity index (χ0n) is 14.4. The summed E-state index contributed by atoms with van der Waals surface area (Å²) < 4.78 is 7.61. The zero-order chi connectivity index (χ0) is 18.5. The standard InChI is InChI=1S/C20H20N2O4/c1-14(20(24)25)21-19(23)12-22-10-9-16-7-8-17(11-18(16)22)26-13-15-5-3-2-4-6-15/h2-11,14H,12-13H2,1H3,(H,21,23)(H,24,25). The molecular weight excluding hydrogens is 332 g/mol. The van der Waals surface area contributed by atoms with Crippen molar-refractivity contribution in [2.24, 2.45) is 0 Å². The lowest BCUT2D eigenvalue weighted by Crippen LogP contribution is -2.39. The minimum atomic E-state index is -1.06. The molecule has 0 saturated heterocycles. The number of nitrogens with one attached hydrogen (secondary N) is 1. The summed E-state index contributed by atoms with van der Waals surface area (Å²) in [7, 11) is 0. The molecule has 0 saturated carbocycles. The maximum atomic E-state index is 12.0. The molecule has 0 aliphatic carbocycles. The number of carboxylic acids is 1. The summed E-state index contributed by atoms with van der Waals surface area (Å²) in [5.74, 6) is -0.707. The van der Waals surface area contributed by atoms with Crippen molar-refractivity contribution in [3.05, 3.63) is 66.4 Å². The number of nitrogens with zero attached hydrogens (tertiary/aromatic N) is 1. The van der Waals surface area contributed by atoms with Crippen molar-refractivity contribution in [2.45, 2.75) is 26.1 Å². The molecule has 0 fully saturated rings. The maximum absolute atomic E-state index is 12.0. The summed E-state index contributed by atoms with van der Waals surface area (Å²) in [6.07, 6.45) is 1.80. The van der Waals surface area contributed by atoms with Gasteiger partial charge in [0.25, 0.3) is 0 Å². The van der Waals surface area contributed by atoms with Crippen molar-refractivity contribution >= 4 is 22.8 Å². The average Bonchev–Trinajstić information content (AvgIpc) is 3.02. The maximum Gasteiger partial charge on any atom is 0.325 e. The fourth-order valence-electron chi connectivity index (χ4n) is 2.64. The Bertz CT molecular complexity index is 918. The molecule has 6 heteroatoms. The van der Waals surface area contributed by atoms with Crippen molar-refractivity contribution in [1.29, 1.82) is 0 Å². The van der Waals surface area contributed by atoms with E-state index in [1.807, 2.05) is 54.6 Å². The van der Waals surface area contributed by atoms with Crippen LogP contribution in [0.2, 0.25) is 0 Å². The van der Waals surface area contributed by atoms with Gasteiger partial charge in [0.05, 0.1) is 5.52 Å². The van der Waals surface area contributed by atoms with Crippen LogP contribution in [0.15, 0.2) is 60.8 Å². The number of carbonyl (C=O) groups excluding carboxylic acids is 1. The summed E-state index contributed by atoms with van der Waals surface area (Å²) in [4.78, 5) is 22.9. The summed E-state index contributed by atoms with van der Waals surface area (Å²) >= 11 is 0. The zero-order valence-corrected chi connectivity index (χ0v) is 14.4. The lowest BCUT2D eigenvalue weighted by Gasteiger charge is -2.11. The van der Waals surface area contributed by atoms with E-state index in [0.29, 0.717) is 12.4 Å². The summed E-state index contributed by atoms with van der Waals surface area (Å²) in [5, 5.41) is 12.3. The third-order valence-electron chi connectivity index (χ3n) is 4.06. The second kappa shape index (κ2) is 7.74. The third-order valence-corrected chi connectivity index (χ3v) is 4.06. The predicted octanol–water partition coefficient (Wildman–Crippen LogP) is 2.81. The predicted molar refractivity (Wildman–Crippen MR) is 98.0 cm³/mol. The van der Waals surface area contributed by atoms with Gasteiger partial charge in [-0.2, -0.15) is 0 Å². The monoisotopic (exact) mass is 352 g/mol. The Balaban J connectivity index is 1.71. The number of carbonyl (C=O) groups is 2. The Labute approximate surface area is 151 Å².